The Balaban J connectivity index is 0.929. The molecule has 0 spiro atoms. The Kier molecular flexibility index (Phi) is 8.53. The Labute approximate surface area is 304 Å². The summed E-state index contributed by atoms with van der Waals surface area (Å²) in [6, 6.07) is 46.0. The third-order valence-corrected chi connectivity index (χ3v) is 11.0. The summed E-state index contributed by atoms with van der Waals surface area (Å²) in [7, 11) is 0. The van der Waals surface area contributed by atoms with Crippen LogP contribution in [0.3, 0.4) is 0 Å². The zero-order chi connectivity index (χ0) is 34.9. The van der Waals surface area contributed by atoms with E-state index < -0.39 is 0 Å². The zero-order valence-electron chi connectivity index (χ0n) is 29.0. The number of carbonyl (C=O) groups excluding carboxylic acids is 1. The monoisotopic (exact) mass is 689 g/mol. The van der Waals surface area contributed by atoms with Crippen molar-refractivity contribution < 1.29 is 14.3 Å². The number of benzene rings is 5. The summed E-state index contributed by atoms with van der Waals surface area (Å²) in [5, 5.41) is 4.97. The summed E-state index contributed by atoms with van der Waals surface area (Å²) in [4.78, 5) is 19.7. The Bertz CT molecular complexity index is 2140. The molecule has 3 heterocycles. The highest BCUT2D eigenvalue weighted by Gasteiger charge is 2.68. The van der Waals surface area contributed by atoms with E-state index in [0.29, 0.717) is 19.5 Å². The van der Waals surface area contributed by atoms with Gasteiger partial charge in [0, 0.05) is 35.5 Å². The number of amides is 1. The normalized spacial score (nSPS) is 21.8. The van der Waals surface area contributed by atoms with E-state index in [2.05, 4.69) is 117 Å². The highest BCUT2D eigenvalue weighted by atomic mass is 16.5. The number of anilines is 2. The van der Waals surface area contributed by atoms with Gasteiger partial charge in [-0.25, -0.2) is 5.43 Å². The Morgan fingerprint density at radius 2 is 1.52 bits per heavy atom. The van der Waals surface area contributed by atoms with Crippen molar-refractivity contribution in [2.45, 2.75) is 50.0 Å². The topological polar surface area (TPSA) is 90.6 Å². The second kappa shape index (κ2) is 13.8. The fourth-order valence-electron chi connectivity index (χ4n) is 8.51. The molecule has 0 radical (unpaired) electrons. The number of aromatic nitrogens is 1. The minimum Gasteiger partial charge on any atom is -0.485 e. The molecular formula is C44H43N5O3. The molecule has 9 rings (SSSR count). The van der Waals surface area contributed by atoms with Gasteiger partial charge in [-0.15, -0.1) is 0 Å². The fraction of sp³-hybridized carbons (Fsp3) is 0.250. The number of hydrazine groups is 1. The third kappa shape index (κ3) is 6.35. The quantitative estimate of drug-likeness (QED) is 0.0990. The van der Waals surface area contributed by atoms with Crippen molar-refractivity contribution in [3.05, 3.63) is 156 Å². The third-order valence-electron chi connectivity index (χ3n) is 11.0. The van der Waals surface area contributed by atoms with Crippen LogP contribution in [0.1, 0.15) is 35.4 Å². The van der Waals surface area contributed by atoms with Crippen molar-refractivity contribution in [3.8, 4) is 11.5 Å². The molecule has 0 bridgehead atoms. The minimum atomic E-state index is -0.206. The van der Waals surface area contributed by atoms with Crippen LogP contribution < -0.4 is 30.5 Å². The fourth-order valence-corrected chi connectivity index (χ4v) is 8.51. The molecule has 6 aromatic rings. The van der Waals surface area contributed by atoms with Crippen molar-refractivity contribution in [1.29, 1.82) is 0 Å². The van der Waals surface area contributed by atoms with Crippen molar-refractivity contribution in [2.24, 2.45) is 5.41 Å². The van der Waals surface area contributed by atoms with Crippen LogP contribution in [-0.4, -0.2) is 42.2 Å². The van der Waals surface area contributed by atoms with Gasteiger partial charge < -0.3 is 24.7 Å². The number of ether oxygens (including phenoxy) is 2. The Morgan fingerprint density at radius 1 is 0.808 bits per heavy atom. The van der Waals surface area contributed by atoms with Crippen LogP contribution >= 0.6 is 0 Å². The first-order valence-corrected chi connectivity index (χ1v) is 18.3. The lowest BCUT2D eigenvalue weighted by molar-refractivity contribution is -0.122. The standard InChI is InChI=1S/C44H43N5O3/c50-41(48-46-26-33-29-49(28-31-15-5-2-6-16-31)38-20-10-12-22-40(38)51-33)23-32(35-27-45-36-18-8-7-17-34(35)36)25-44(24-30-13-3-1-4-14-30)42-43(44)52-39-21-11-9-19-37(39)47-42/h1-22,27,32-33,42-43,45-47H,23-26,28-29H2,(H,48,50). The van der Waals surface area contributed by atoms with E-state index in [9.17, 15) is 4.79 Å². The number of fused-ring (bicyclic) bond motifs is 4. The molecule has 1 aliphatic carbocycles. The van der Waals surface area contributed by atoms with Gasteiger partial charge in [-0.2, -0.15) is 0 Å². The zero-order valence-corrected chi connectivity index (χ0v) is 29.0. The Hall–Kier alpha value is -5.73. The number of nitrogens with zero attached hydrogens (tertiary/aromatic N) is 1. The van der Waals surface area contributed by atoms with Crippen LogP contribution in [0.4, 0.5) is 11.4 Å². The molecule has 5 atom stereocenters. The first-order chi connectivity index (χ1) is 25.6. The van der Waals surface area contributed by atoms with E-state index in [0.717, 1.165) is 58.7 Å². The molecular weight excluding hydrogens is 647 g/mol. The van der Waals surface area contributed by atoms with E-state index in [1.165, 1.54) is 11.1 Å². The summed E-state index contributed by atoms with van der Waals surface area (Å²) >= 11 is 0. The van der Waals surface area contributed by atoms with E-state index in [4.69, 9.17) is 9.47 Å². The molecule has 3 aliphatic rings. The lowest BCUT2D eigenvalue weighted by Crippen LogP contribution is -2.49. The largest absolute Gasteiger partial charge is 0.485 e. The maximum absolute atomic E-state index is 13.9. The molecule has 2 aliphatic heterocycles. The number of para-hydroxylation sites is 5. The highest BCUT2D eigenvalue weighted by molar-refractivity contribution is 5.85. The average Bonchev–Trinajstić information content (AvgIpc) is 3.52. The first kappa shape index (κ1) is 32.2. The van der Waals surface area contributed by atoms with Crippen LogP contribution in [0.15, 0.2) is 140 Å². The minimum absolute atomic E-state index is 0.00154. The van der Waals surface area contributed by atoms with Crippen LogP contribution in [0.5, 0.6) is 11.5 Å². The van der Waals surface area contributed by atoms with E-state index in [1.807, 2.05) is 48.5 Å². The summed E-state index contributed by atoms with van der Waals surface area (Å²) in [6.07, 6.45) is 3.91. The van der Waals surface area contributed by atoms with Gasteiger partial charge >= 0.3 is 0 Å². The number of hydrogen-bond donors (Lipinski definition) is 4. The van der Waals surface area contributed by atoms with E-state index >= 15 is 0 Å². The first-order valence-electron chi connectivity index (χ1n) is 18.3. The predicted molar refractivity (Wildman–Crippen MR) is 206 cm³/mol. The molecule has 1 aromatic heterocycles. The van der Waals surface area contributed by atoms with Gasteiger partial charge in [-0.3, -0.25) is 10.2 Å². The van der Waals surface area contributed by atoms with Gasteiger partial charge in [0.1, 0.15) is 23.7 Å². The molecule has 5 aromatic carbocycles. The average molecular weight is 690 g/mol. The molecule has 4 N–H and O–H groups in total. The van der Waals surface area contributed by atoms with Gasteiger partial charge in [0.25, 0.3) is 0 Å². The number of rotatable bonds is 12. The summed E-state index contributed by atoms with van der Waals surface area (Å²) in [5.41, 5.74) is 12.9. The van der Waals surface area contributed by atoms with Crippen molar-refractivity contribution in [3.63, 3.8) is 0 Å². The summed E-state index contributed by atoms with van der Waals surface area (Å²) in [5.74, 6) is 1.64. The molecule has 262 valence electrons. The van der Waals surface area contributed by atoms with Crippen molar-refractivity contribution in [1.82, 2.24) is 15.8 Å². The molecule has 8 nitrogen and oxygen atoms in total. The van der Waals surface area contributed by atoms with Gasteiger partial charge in [0.15, 0.2) is 0 Å². The molecule has 52 heavy (non-hydrogen) atoms. The lowest BCUT2D eigenvalue weighted by atomic mass is 9.80. The Morgan fingerprint density at radius 3 is 2.37 bits per heavy atom. The van der Waals surface area contributed by atoms with E-state index in [1.54, 1.807) is 0 Å². The molecule has 1 fully saturated rings. The van der Waals surface area contributed by atoms with Crippen molar-refractivity contribution in [2.75, 3.05) is 23.3 Å². The maximum Gasteiger partial charge on any atom is 0.234 e. The molecule has 1 amide bonds. The number of nitrogens with one attached hydrogen (secondary N) is 4. The van der Waals surface area contributed by atoms with Gasteiger partial charge in [-0.05, 0) is 65.8 Å². The molecule has 0 saturated heterocycles. The van der Waals surface area contributed by atoms with Gasteiger partial charge in [-0.1, -0.05) is 103 Å². The smallest absolute Gasteiger partial charge is 0.234 e. The van der Waals surface area contributed by atoms with Gasteiger partial charge in [0.05, 0.1) is 30.5 Å². The summed E-state index contributed by atoms with van der Waals surface area (Å²) in [6.45, 7) is 1.96. The highest BCUT2D eigenvalue weighted by Crippen LogP contribution is 2.61. The number of H-pyrrole nitrogens is 1. The second-order valence-electron chi connectivity index (χ2n) is 14.4. The second-order valence-corrected chi connectivity index (χ2v) is 14.4. The van der Waals surface area contributed by atoms with Crippen molar-refractivity contribution >= 4 is 28.2 Å². The van der Waals surface area contributed by atoms with Crippen LogP contribution in [0.25, 0.3) is 10.9 Å². The number of hydrogen-bond acceptors (Lipinski definition) is 6. The lowest BCUT2D eigenvalue weighted by Gasteiger charge is -2.36. The SMILES string of the molecule is O=C(CC(CC1(Cc2ccccc2)C2Nc3ccccc3OC21)c1c[nH]c2ccccc12)NNCC1CN(Cc2ccccc2)c2ccccc2O1. The molecule has 5 unspecified atom stereocenters. The van der Waals surface area contributed by atoms with Gasteiger partial charge in [0.2, 0.25) is 5.91 Å². The van der Waals surface area contributed by atoms with Crippen LogP contribution in [-0.2, 0) is 17.8 Å². The maximum atomic E-state index is 13.9. The molecule has 8 heteroatoms. The predicted octanol–water partition coefficient (Wildman–Crippen LogP) is 7.60. The van der Waals surface area contributed by atoms with Crippen LogP contribution in [0.2, 0.25) is 0 Å². The van der Waals surface area contributed by atoms with Crippen LogP contribution in [0, 0.1) is 5.41 Å². The summed E-state index contributed by atoms with van der Waals surface area (Å²) < 4.78 is 13.1. The molecule has 1 saturated carbocycles. The van der Waals surface area contributed by atoms with E-state index in [-0.39, 0.29) is 35.5 Å². The number of aromatic amines is 1. The number of carbonyl (C=O) groups is 1.